The predicted octanol–water partition coefficient (Wildman–Crippen LogP) is 2.47. The highest BCUT2D eigenvalue weighted by atomic mass is 79.9. The minimum absolute atomic E-state index is 0.187. The Morgan fingerprint density at radius 3 is 2.25 bits per heavy atom. The number of carbonyl (C=O) groups excluding carboxylic acids is 2. The third-order valence-electron chi connectivity index (χ3n) is 1.69. The summed E-state index contributed by atoms with van der Waals surface area (Å²) in [6.45, 7) is 0.423. The molecule has 0 amide bonds. The molecule has 16 heavy (non-hydrogen) atoms. The highest BCUT2D eigenvalue weighted by molar-refractivity contribution is 9.10. The van der Waals surface area contributed by atoms with E-state index in [4.69, 9.17) is 0 Å². The SMILES string of the molecule is CC(=O)OCC(=O)c1c(F)cc(Br)cc1F. The van der Waals surface area contributed by atoms with E-state index in [2.05, 4.69) is 20.7 Å². The molecule has 0 aliphatic rings. The quantitative estimate of drug-likeness (QED) is 0.635. The van der Waals surface area contributed by atoms with Crippen LogP contribution in [-0.2, 0) is 9.53 Å². The van der Waals surface area contributed by atoms with Crippen molar-refractivity contribution in [2.75, 3.05) is 6.61 Å². The average molecular weight is 293 g/mol. The van der Waals surface area contributed by atoms with Crippen LogP contribution in [0.25, 0.3) is 0 Å². The van der Waals surface area contributed by atoms with Crippen molar-refractivity contribution in [2.24, 2.45) is 0 Å². The van der Waals surface area contributed by atoms with E-state index in [0.29, 0.717) is 0 Å². The number of rotatable bonds is 3. The second-order valence-corrected chi connectivity index (χ2v) is 3.86. The smallest absolute Gasteiger partial charge is 0.303 e. The van der Waals surface area contributed by atoms with E-state index in [1.807, 2.05) is 0 Å². The largest absolute Gasteiger partial charge is 0.457 e. The van der Waals surface area contributed by atoms with Gasteiger partial charge in [-0.3, -0.25) is 9.59 Å². The topological polar surface area (TPSA) is 43.4 Å². The van der Waals surface area contributed by atoms with Gasteiger partial charge in [0.25, 0.3) is 0 Å². The lowest BCUT2D eigenvalue weighted by Gasteiger charge is -2.05. The standard InChI is InChI=1S/C10H7BrF2O3/c1-5(14)16-4-9(15)10-7(12)2-6(11)3-8(10)13/h2-3H,4H2,1H3. The number of Topliss-reactive ketones (excluding diaryl/α,β-unsaturated/α-hetero) is 1. The Hall–Kier alpha value is -1.30. The van der Waals surface area contributed by atoms with Gasteiger partial charge in [-0.2, -0.15) is 0 Å². The van der Waals surface area contributed by atoms with Crippen molar-refractivity contribution in [1.29, 1.82) is 0 Å². The van der Waals surface area contributed by atoms with Gasteiger partial charge in [-0.15, -0.1) is 0 Å². The Morgan fingerprint density at radius 1 is 1.31 bits per heavy atom. The van der Waals surface area contributed by atoms with E-state index in [-0.39, 0.29) is 4.47 Å². The Morgan fingerprint density at radius 2 is 1.81 bits per heavy atom. The highest BCUT2D eigenvalue weighted by Gasteiger charge is 2.19. The molecular weight excluding hydrogens is 286 g/mol. The molecule has 0 aromatic heterocycles. The fraction of sp³-hybridized carbons (Fsp3) is 0.200. The first-order valence-electron chi connectivity index (χ1n) is 4.23. The molecule has 1 aromatic carbocycles. The number of ketones is 1. The van der Waals surface area contributed by atoms with E-state index in [9.17, 15) is 18.4 Å². The minimum atomic E-state index is -0.996. The van der Waals surface area contributed by atoms with Crippen molar-refractivity contribution >= 4 is 27.7 Å². The van der Waals surface area contributed by atoms with Crippen LogP contribution in [0.1, 0.15) is 17.3 Å². The number of benzene rings is 1. The molecular formula is C10H7BrF2O3. The van der Waals surface area contributed by atoms with Crippen LogP contribution in [0.2, 0.25) is 0 Å². The molecule has 3 nitrogen and oxygen atoms in total. The zero-order valence-electron chi connectivity index (χ0n) is 8.22. The van der Waals surface area contributed by atoms with Gasteiger partial charge in [0.2, 0.25) is 5.78 Å². The van der Waals surface area contributed by atoms with Gasteiger partial charge < -0.3 is 4.74 Å². The van der Waals surface area contributed by atoms with Gasteiger partial charge in [-0.25, -0.2) is 8.78 Å². The summed E-state index contributed by atoms with van der Waals surface area (Å²) < 4.78 is 31.1. The summed E-state index contributed by atoms with van der Waals surface area (Å²) in [4.78, 5) is 21.8. The molecule has 0 saturated carbocycles. The maximum absolute atomic E-state index is 13.3. The number of esters is 1. The molecule has 0 fully saturated rings. The zero-order chi connectivity index (χ0) is 12.3. The molecule has 0 saturated heterocycles. The van der Waals surface area contributed by atoms with Gasteiger partial charge in [0, 0.05) is 11.4 Å². The van der Waals surface area contributed by atoms with Gasteiger partial charge in [0.1, 0.15) is 11.6 Å². The molecule has 0 aliphatic carbocycles. The van der Waals surface area contributed by atoms with Gasteiger partial charge in [-0.05, 0) is 12.1 Å². The van der Waals surface area contributed by atoms with Crippen molar-refractivity contribution in [3.63, 3.8) is 0 Å². The maximum atomic E-state index is 13.3. The van der Waals surface area contributed by atoms with E-state index >= 15 is 0 Å². The van der Waals surface area contributed by atoms with Crippen molar-refractivity contribution in [2.45, 2.75) is 6.92 Å². The van der Waals surface area contributed by atoms with Gasteiger partial charge in [0.15, 0.2) is 6.61 Å². The molecule has 1 aromatic rings. The van der Waals surface area contributed by atoms with Gasteiger partial charge >= 0.3 is 5.97 Å². The van der Waals surface area contributed by atoms with Crippen LogP contribution >= 0.6 is 15.9 Å². The fourth-order valence-electron chi connectivity index (χ4n) is 1.05. The van der Waals surface area contributed by atoms with Crippen LogP contribution in [0.5, 0.6) is 0 Å². The van der Waals surface area contributed by atoms with E-state index in [1.165, 1.54) is 0 Å². The molecule has 0 atom stereocenters. The van der Waals surface area contributed by atoms with E-state index in [0.717, 1.165) is 19.1 Å². The van der Waals surface area contributed by atoms with E-state index in [1.54, 1.807) is 0 Å². The molecule has 6 heteroatoms. The number of hydrogen-bond acceptors (Lipinski definition) is 3. The number of hydrogen-bond donors (Lipinski definition) is 0. The van der Waals surface area contributed by atoms with Crippen molar-refractivity contribution < 1.29 is 23.1 Å². The molecule has 0 bridgehead atoms. The first kappa shape index (κ1) is 12.8. The summed E-state index contributed by atoms with van der Waals surface area (Å²) in [5, 5.41) is 0. The maximum Gasteiger partial charge on any atom is 0.303 e. The molecule has 1 rings (SSSR count). The molecule has 0 spiro atoms. The second-order valence-electron chi connectivity index (χ2n) is 2.95. The van der Waals surface area contributed by atoms with Crippen LogP contribution < -0.4 is 0 Å². The average Bonchev–Trinajstić information content (AvgIpc) is 2.12. The first-order valence-corrected chi connectivity index (χ1v) is 5.02. The number of ether oxygens (including phenoxy) is 1. The second kappa shape index (κ2) is 5.16. The summed E-state index contributed by atoms with van der Waals surface area (Å²) in [7, 11) is 0. The van der Waals surface area contributed by atoms with Crippen LogP contribution in [0, 0.1) is 11.6 Å². The normalized spacial score (nSPS) is 10.0. The Balaban J connectivity index is 2.95. The summed E-state index contributed by atoms with van der Waals surface area (Å²) in [5.41, 5.74) is -0.704. The fourth-order valence-corrected chi connectivity index (χ4v) is 1.45. The molecule has 0 radical (unpaired) electrons. The monoisotopic (exact) mass is 292 g/mol. The lowest BCUT2D eigenvalue weighted by molar-refractivity contribution is -0.139. The molecule has 0 aliphatic heterocycles. The molecule has 86 valence electrons. The predicted molar refractivity (Wildman–Crippen MR) is 55.0 cm³/mol. The Bertz CT molecular complexity index is 423. The van der Waals surface area contributed by atoms with Crippen LogP contribution in [0.15, 0.2) is 16.6 Å². The lowest BCUT2D eigenvalue weighted by Crippen LogP contribution is -2.15. The lowest BCUT2D eigenvalue weighted by atomic mass is 10.1. The molecule has 0 heterocycles. The van der Waals surface area contributed by atoms with Crippen molar-refractivity contribution in [3.8, 4) is 0 Å². The Labute approximate surface area is 98.5 Å². The molecule has 0 N–H and O–H groups in total. The summed E-state index contributed by atoms with van der Waals surface area (Å²) in [6, 6.07) is 1.92. The number of carbonyl (C=O) groups is 2. The summed E-state index contributed by atoms with van der Waals surface area (Å²) >= 11 is 2.88. The number of halogens is 3. The highest BCUT2D eigenvalue weighted by Crippen LogP contribution is 2.19. The third-order valence-corrected chi connectivity index (χ3v) is 2.15. The van der Waals surface area contributed by atoms with Crippen LogP contribution in [0.3, 0.4) is 0 Å². The van der Waals surface area contributed by atoms with Crippen molar-refractivity contribution in [1.82, 2.24) is 0 Å². The van der Waals surface area contributed by atoms with Crippen molar-refractivity contribution in [3.05, 3.63) is 33.8 Å². The molecule has 0 unspecified atom stereocenters. The van der Waals surface area contributed by atoms with Gasteiger partial charge in [-0.1, -0.05) is 15.9 Å². The summed E-state index contributed by atoms with van der Waals surface area (Å²) in [5.74, 6) is -3.60. The van der Waals surface area contributed by atoms with Crippen LogP contribution in [0.4, 0.5) is 8.78 Å². The first-order chi connectivity index (χ1) is 7.41. The Kier molecular flexibility index (Phi) is 4.12. The summed E-state index contributed by atoms with van der Waals surface area (Å²) in [6.07, 6.45) is 0. The third kappa shape index (κ3) is 3.10. The minimum Gasteiger partial charge on any atom is -0.457 e. The van der Waals surface area contributed by atoms with Gasteiger partial charge in [0.05, 0.1) is 5.56 Å². The zero-order valence-corrected chi connectivity index (χ0v) is 9.81. The van der Waals surface area contributed by atoms with E-state index < -0.39 is 35.6 Å². The van der Waals surface area contributed by atoms with Crippen LogP contribution in [-0.4, -0.2) is 18.4 Å².